The van der Waals surface area contributed by atoms with Gasteiger partial charge in [0.05, 0.1) is 6.21 Å². The van der Waals surface area contributed by atoms with Crippen molar-refractivity contribution in [2.24, 2.45) is 12.1 Å². The summed E-state index contributed by atoms with van der Waals surface area (Å²) in [5.74, 6) is 0.501. The van der Waals surface area contributed by atoms with Gasteiger partial charge in [-0.1, -0.05) is 26.0 Å². The first-order valence-corrected chi connectivity index (χ1v) is 8.09. The van der Waals surface area contributed by atoms with Crippen molar-refractivity contribution in [3.05, 3.63) is 52.8 Å². The number of thiocarbonyl (C=S) groups is 1. The fourth-order valence-corrected chi connectivity index (χ4v) is 2.40. The van der Waals surface area contributed by atoms with Gasteiger partial charge in [-0.3, -0.25) is 5.43 Å². The Hall–Kier alpha value is -2.65. The molecule has 0 radical (unpaired) electrons. The summed E-state index contributed by atoms with van der Waals surface area (Å²) in [4.78, 5) is 0. The van der Waals surface area contributed by atoms with Gasteiger partial charge >= 0.3 is 0 Å². The van der Waals surface area contributed by atoms with Gasteiger partial charge in [-0.2, -0.15) is 10.4 Å². The minimum absolute atomic E-state index is 0.414. The third-order valence-electron chi connectivity index (χ3n) is 3.89. The fraction of sp³-hybridized carbons (Fsp3) is 0.278. The maximum Gasteiger partial charge on any atom is 0.191 e. The zero-order valence-electron chi connectivity index (χ0n) is 14.3. The monoisotopic (exact) mass is 339 g/mol. The first-order valence-electron chi connectivity index (χ1n) is 7.68. The number of benzene rings is 1. The van der Waals surface area contributed by atoms with E-state index in [1.807, 2.05) is 30.7 Å². The van der Waals surface area contributed by atoms with Crippen LogP contribution in [-0.4, -0.2) is 15.9 Å². The first-order chi connectivity index (χ1) is 11.4. The molecule has 0 aliphatic heterocycles. The Morgan fingerprint density at radius 1 is 1.33 bits per heavy atom. The summed E-state index contributed by atoms with van der Waals surface area (Å²) in [6.07, 6.45) is 1.66. The predicted octanol–water partition coefficient (Wildman–Crippen LogP) is 3.65. The second kappa shape index (κ2) is 7.75. The van der Waals surface area contributed by atoms with E-state index in [1.54, 1.807) is 12.3 Å². The lowest BCUT2D eigenvalue weighted by atomic mass is 10.0. The Morgan fingerprint density at radius 2 is 2.00 bits per heavy atom. The van der Waals surface area contributed by atoms with Crippen LogP contribution in [0, 0.1) is 18.3 Å². The van der Waals surface area contributed by atoms with Crippen molar-refractivity contribution in [1.29, 1.82) is 5.26 Å². The van der Waals surface area contributed by atoms with E-state index >= 15 is 0 Å². The molecule has 6 heteroatoms. The van der Waals surface area contributed by atoms with Crippen LogP contribution in [0.2, 0.25) is 0 Å². The Bertz CT molecular complexity index is 794. The molecule has 1 aromatic heterocycles. The van der Waals surface area contributed by atoms with Gasteiger partial charge in [0.1, 0.15) is 11.8 Å². The zero-order chi connectivity index (χ0) is 17.7. The highest BCUT2D eigenvalue weighted by molar-refractivity contribution is 7.80. The van der Waals surface area contributed by atoms with Crippen LogP contribution in [0.25, 0.3) is 0 Å². The standard InChI is InChI=1S/C18H21N5S/c1-12(2)14-5-7-16(8-6-14)21-18(24)22-20-11-15-9-17(10-19)23(4)13(15)3/h5-9,11-12H,1-4H3,(H2,21,22,24). The van der Waals surface area contributed by atoms with Crippen LogP contribution in [0.3, 0.4) is 0 Å². The minimum Gasteiger partial charge on any atom is -0.339 e. The van der Waals surface area contributed by atoms with Crippen LogP contribution in [0.15, 0.2) is 35.4 Å². The summed E-state index contributed by atoms with van der Waals surface area (Å²) in [5.41, 5.74) is 7.43. The van der Waals surface area contributed by atoms with E-state index < -0.39 is 0 Å². The van der Waals surface area contributed by atoms with Gasteiger partial charge in [0.2, 0.25) is 0 Å². The molecular weight excluding hydrogens is 318 g/mol. The third kappa shape index (κ3) is 4.21. The maximum absolute atomic E-state index is 9.03. The van der Waals surface area contributed by atoms with Crippen molar-refractivity contribution in [3.8, 4) is 6.07 Å². The summed E-state index contributed by atoms with van der Waals surface area (Å²) in [6.45, 7) is 6.26. The quantitative estimate of drug-likeness (QED) is 0.507. The molecule has 0 amide bonds. The Morgan fingerprint density at radius 3 is 2.54 bits per heavy atom. The van der Waals surface area contributed by atoms with Crippen LogP contribution in [-0.2, 0) is 7.05 Å². The average Bonchev–Trinajstić information content (AvgIpc) is 2.83. The summed E-state index contributed by atoms with van der Waals surface area (Å²) >= 11 is 5.23. The highest BCUT2D eigenvalue weighted by Crippen LogP contribution is 2.17. The van der Waals surface area contributed by atoms with Crippen LogP contribution in [0.5, 0.6) is 0 Å². The van der Waals surface area contributed by atoms with E-state index in [4.69, 9.17) is 17.5 Å². The number of nitrogens with zero attached hydrogens (tertiary/aromatic N) is 3. The number of hydrogen-bond donors (Lipinski definition) is 2. The fourth-order valence-electron chi connectivity index (χ4n) is 2.23. The topological polar surface area (TPSA) is 65.1 Å². The third-order valence-corrected chi connectivity index (χ3v) is 4.09. The summed E-state index contributed by atoms with van der Waals surface area (Å²) in [7, 11) is 1.85. The number of hydrazone groups is 1. The van der Waals surface area contributed by atoms with Crippen LogP contribution in [0.4, 0.5) is 5.69 Å². The molecule has 2 rings (SSSR count). The van der Waals surface area contributed by atoms with Gasteiger partial charge in [0.15, 0.2) is 5.11 Å². The largest absolute Gasteiger partial charge is 0.339 e. The first kappa shape index (κ1) is 17.7. The molecule has 0 fully saturated rings. The molecule has 124 valence electrons. The summed E-state index contributed by atoms with van der Waals surface area (Å²) < 4.78 is 1.83. The Labute approximate surface area is 148 Å². The number of aromatic nitrogens is 1. The Balaban J connectivity index is 1.94. The molecule has 0 aliphatic rings. The van der Waals surface area contributed by atoms with Crippen LogP contribution >= 0.6 is 12.2 Å². The summed E-state index contributed by atoms with van der Waals surface area (Å²) in [5, 5.41) is 16.7. The van der Waals surface area contributed by atoms with E-state index in [0.717, 1.165) is 16.9 Å². The molecule has 0 atom stereocenters. The van der Waals surface area contributed by atoms with Crippen molar-refractivity contribution in [2.45, 2.75) is 26.7 Å². The molecule has 1 heterocycles. The SMILES string of the molecule is Cc1c(C=NNC(=S)Nc2ccc(C(C)C)cc2)cc(C#N)n1C. The molecule has 0 aliphatic carbocycles. The number of rotatable bonds is 4. The predicted molar refractivity (Wildman–Crippen MR) is 102 cm³/mol. The molecule has 0 spiro atoms. The van der Waals surface area contributed by atoms with E-state index in [-0.39, 0.29) is 0 Å². The number of nitrogens with one attached hydrogen (secondary N) is 2. The highest BCUT2D eigenvalue weighted by Gasteiger charge is 2.06. The molecule has 2 N–H and O–H groups in total. The van der Waals surface area contributed by atoms with Crippen molar-refractivity contribution in [3.63, 3.8) is 0 Å². The van der Waals surface area contributed by atoms with Gasteiger partial charge in [0.25, 0.3) is 0 Å². The molecule has 0 saturated carbocycles. The lowest BCUT2D eigenvalue weighted by Crippen LogP contribution is -2.23. The smallest absolute Gasteiger partial charge is 0.191 e. The van der Waals surface area contributed by atoms with Crippen molar-refractivity contribution in [2.75, 3.05) is 5.32 Å². The molecule has 5 nitrogen and oxygen atoms in total. The molecular formula is C18H21N5S. The van der Waals surface area contributed by atoms with Crippen LogP contribution in [0.1, 0.15) is 42.3 Å². The van der Waals surface area contributed by atoms with Gasteiger partial charge < -0.3 is 9.88 Å². The van der Waals surface area contributed by atoms with Gasteiger partial charge in [-0.05, 0) is 48.8 Å². The van der Waals surface area contributed by atoms with Gasteiger partial charge in [0, 0.05) is 24.0 Å². The van der Waals surface area contributed by atoms with E-state index in [0.29, 0.717) is 16.7 Å². The van der Waals surface area contributed by atoms with E-state index in [9.17, 15) is 0 Å². The molecule has 0 bridgehead atoms. The van der Waals surface area contributed by atoms with E-state index in [2.05, 4.69) is 47.9 Å². The Kier molecular flexibility index (Phi) is 5.72. The van der Waals surface area contributed by atoms with Gasteiger partial charge in [-0.15, -0.1) is 0 Å². The van der Waals surface area contributed by atoms with E-state index in [1.165, 1.54) is 5.56 Å². The number of nitriles is 1. The number of hydrogen-bond acceptors (Lipinski definition) is 3. The zero-order valence-corrected chi connectivity index (χ0v) is 15.1. The molecule has 0 saturated heterocycles. The van der Waals surface area contributed by atoms with Crippen LogP contribution < -0.4 is 10.7 Å². The molecule has 1 aromatic carbocycles. The average molecular weight is 339 g/mol. The summed E-state index contributed by atoms with van der Waals surface area (Å²) in [6, 6.07) is 12.1. The lowest BCUT2D eigenvalue weighted by molar-refractivity contribution is 0.865. The highest BCUT2D eigenvalue weighted by atomic mass is 32.1. The molecule has 2 aromatic rings. The second-order valence-electron chi connectivity index (χ2n) is 5.84. The number of anilines is 1. The molecule has 24 heavy (non-hydrogen) atoms. The van der Waals surface area contributed by atoms with Crippen molar-refractivity contribution in [1.82, 2.24) is 9.99 Å². The normalized spacial score (nSPS) is 10.8. The maximum atomic E-state index is 9.03. The van der Waals surface area contributed by atoms with Crippen molar-refractivity contribution < 1.29 is 0 Å². The van der Waals surface area contributed by atoms with Gasteiger partial charge in [-0.25, -0.2) is 0 Å². The second-order valence-corrected chi connectivity index (χ2v) is 6.25. The molecule has 0 unspecified atom stereocenters. The minimum atomic E-state index is 0.414. The lowest BCUT2D eigenvalue weighted by Gasteiger charge is -2.09. The van der Waals surface area contributed by atoms with Crippen molar-refractivity contribution >= 4 is 29.2 Å².